The lowest BCUT2D eigenvalue weighted by molar-refractivity contribution is 0.0764. The van der Waals surface area contributed by atoms with E-state index in [1.54, 1.807) is 23.1 Å². The second kappa shape index (κ2) is 6.52. The summed E-state index contributed by atoms with van der Waals surface area (Å²) >= 11 is 11.8. The van der Waals surface area contributed by atoms with Gasteiger partial charge in [-0.2, -0.15) is 0 Å². The van der Waals surface area contributed by atoms with Crippen LogP contribution in [-0.2, 0) is 10.0 Å². The third-order valence-electron chi connectivity index (χ3n) is 3.32. The first-order chi connectivity index (χ1) is 9.77. The van der Waals surface area contributed by atoms with E-state index in [0.29, 0.717) is 48.2 Å². The predicted molar refractivity (Wildman–Crippen MR) is 83.4 cm³/mol. The molecule has 0 spiro atoms. The average Bonchev–Trinajstić information content (AvgIpc) is 2.61. The van der Waals surface area contributed by atoms with E-state index in [9.17, 15) is 13.2 Å². The van der Waals surface area contributed by atoms with Gasteiger partial charge in [-0.25, -0.2) is 12.7 Å². The highest BCUT2D eigenvalue weighted by molar-refractivity contribution is 7.88. The standard InChI is InChI=1S/C13H16Cl2N2O3S/c1-21(19,20)17-4-2-3-16(5-6-17)13(18)10-7-11(14)9-12(15)8-10/h7-9H,2-6H2,1H3. The predicted octanol–water partition coefficient (Wildman–Crippen LogP) is 2.10. The minimum absolute atomic E-state index is 0.185. The normalized spacial score (nSPS) is 17.6. The van der Waals surface area contributed by atoms with E-state index in [1.165, 1.54) is 10.6 Å². The van der Waals surface area contributed by atoms with Crippen LogP contribution in [0.25, 0.3) is 0 Å². The Hall–Kier alpha value is -0.820. The number of hydrogen-bond acceptors (Lipinski definition) is 3. The van der Waals surface area contributed by atoms with E-state index in [4.69, 9.17) is 23.2 Å². The Labute approximate surface area is 134 Å². The molecule has 0 N–H and O–H groups in total. The number of carbonyl (C=O) groups is 1. The molecule has 0 unspecified atom stereocenters. The molecule has 1 aromatic rings. The molecule has 1 amide bonds. The lowest BCUT2D eigenvalue weighted by Crippen LogP contribution is -2.36. The highest BCUT2D eigenvalue weighted by atomic mass is 35.5. The molecule has 1 aliphatic heterocycles. The van der Waals surface area contributed by atoms with Crippen molar-refractivity contribution in [1.82, 2.24) is 9.21 Å². The number of hydrogen-bond donors (Lipinski definition) is 0. The molecule has 1 heterocycles. The number of sulfonamides is 1. The number of nitrogens with zero attached hydrogens (tertiary/aromatic N) is 2. The Kier molecular flexibility index (Phi) is 5.14. The van der Waals surface area contributed by atoms with E-state index in [-0.39, 0.29) is 5.91 Å². The van der Waals surface area contributed by atoms with Gasteiger partial charge in [0.05, 0.1) is 6.26 Å². The van der Waals surface area contributed by atoms with Gasteiger partial charge in [0.15, 0.2) is 0 Å². The zero-order valence-electron chi connectivity index (χ0n) is 11.6. The molecule has 5 nitrogen and oxygen atoms in total. The Bertz CT molecular complexity index is 629. The molecule has 2 rings (SSSR count). The molecule has 1 aromatic carbocycles. The zero-order chi connectivity index (χ0) is 15.6. The molecule has 1 saturated heterocycles. The van der Waals surface area contributed by atoms with Crippen molar-refractivity contribution in [2.45, 2.75) is 6.42 Å². The van der Waals surface area contributed by atoms with Crippen LogP contribution in [0.5, 0.6) is 0 Å². The molecular formula is C13H16Cl2N2O3S. The SMILES string of the molecule is CS(=O)(=O)N1CCCN(C(=O)c2cc(Cl)cc(Cl)c2)CC1. The van der Waals surface area contributed by atoms with Gasteiger partial charge in [-0.15, -0.1) is 0 Å². The van der Waals surface area contributed by atoms with Crippen molar-refractivity contribution in [2.24, 2.45) is 0 Å². The van der Waals surface area contributed by atoms with E-state index < -0.39 is 10.0 Å². The molecular weight excluding hydrogens is 335 g/mol. The van der Waals surface area contributed by atoms with Crippen LogP contribution in [0, 0.1) is 0 Å². The van der Waals surface area contributed by atoms with Crippen molar-refractivity contribution in [3.8, 4) is 0 Å². The summed E-state index contributed by atoms with van der Waals surface area (Å²) in [6, 6.07) is 4.69. The van der Waals surface area contributed by atoms with E-state index >= 15 is 0 Å². The fraction of sp³-hybridized carbons (Fsp3) is 0.462. The third-order valence-corrected chi connectivity index (χ3v) is 5.06. The number of benzene rings is 1. The van der Waals surface area contributed by atoms with Gasteiger partial charge in [0.25, 0.3) is 5.91 Å². The summed E-state index contributed by atoms with van der Waals surface area (Å²) in [5.74, 6) is -0.185. The van der Waals surface area contributed by atoms with Gasteiger partial charge >= 0.3 is 0 Å². The van der Waals surface area contributed by atoms with Crippen molar-refractivity contribution in [1.29, 1.82) is 0 Å². The van der Waals surface area contributed by atoms with Gasteiger partial charge in [0.2, 0.25) is 10.0 Å². The molecule has 8 heteroatoms. The topological polar surface area (TPSA) is 57.7 Å². The number of halogens is 2. The van der Waals surface area contributed by atoms with Crippen molar-refractivity contribution in [3.63, 3.8) is 0 Å². The van der Waals surface area contributed by atoms with Gasteiger partial charge in [-0.05, 0) is 24.6 Å². The van der Waals surface area contributed by atoms with Crippen molar-refractivity contribution in [2.75, 3.05) is 32.4 Å². The van der Waals surface area contributed by atoms with Crippen LogP contribution < -0.4 is 0 Å². The molecule has 116 valence electrons. The van der Waals surface area contributed by atoms with Crippen LogP contribution in [0.4, 0.5) is 0 Å². The Morgan fingerprint density at radius 1 is 1.05 bits per heavy atom. The first-order valence-electron chi connectivity index (χ1n) is 6.48. The van der Waals surface area contributed by atoms with Crippen LogP contribution in [0.3, 0.4) is 0 Å². The highest BCUT2D eigenvalue weighted by Gasteiger charge is 2.24. The lowest BCUT2D eigenvalue weighted by atomic mass is 10.2. The summed E-state index contributed by atoms with van der Waals surface area (Å²) in [7, 11) is -3.22. The maximum absolute atomic E-state index is 12.5. The molecule has 1 aliphatic rings. The second-order valence-electron chi connectivity index (χ2n) is 4.97. The van der Waals surface area contributed by atoms with Crippen molar-refractivity contribution in [3.05, 3.63) is 33.8 Å². The fourth-order valence-corrected chi connectivity index (χ4v) is 3.69. The quantitative estimate of drug-likeness (QED) is 0.820. The molecule has 1 fully saturated rings. The van der Waals surface area contributed by atoms with Crippen LogP contribution in [0.2, 0.25) is 10.0 Å². The first-order valence-corrected chi connectivity index (χ1v) is 9.08. The monoisotopic (exact) mass is 350 g/mol. The highest BCUT2D eigenvalue weighted by Crippen LogP contribution is 2.21. The van der Waals surface area contributed by atoms with Crippen LogP contribution >= 0.6 is 23.2 Å². The molecule has 0 atom stereocenters. The summed E-state index contributed by atoms with van der Waals surface area (Å²) in [6.45, 7) is 1.60. The smallest absolute Gasteiger partial charge is 0.254 e. The largest absolute Gasteiger partial charge is 0.337 e. The molecule has 0 radical (unpaired) electrons. The summed E-state index contributed by atoms with van der Waals surface area (Å²) < 4.78 is 24.5. The minimum atomic E-state index is -3.22. The van der Waals surface area contributed by atoms with Crippen molar-refractivity contribution < 1.29 is 13.2 Å². The van der Waals surface area contributed by atoms with Gasteiger partial charge in [0.1, 0.15) is 0 Å². The number of rotatable bonds is 2. The van der Waals surface area contributed by atoms with Gasteiger partial charge in [0, 0.05) is 41.8 Å². The molecule has 0 aliphatic carbocycles. The summed E-state index contributed by atoms with van der Waals surface area (Å²) in [5.41, 5.74) is 0.417. The maximum atomic E-state index is 12.5. The average molecular weight is 351 g/mol. The van der Waals surface area contributed by atoms with Crippen LogP contribution in [0.15, 0.2) is 18.2 Å². The third kappa shape index (κ3) is 4.32. The van der Waals surface area contributed by atoms with E-state index in [1.807, 2.05) is 0 Å². The molecule has 21 heavy (non-hydrogen) atoms. The first kappa shape index (κ1) is 16.5. The number of amides is 1. The van der Waals surface area contributed by atoms with Crippen LogP contribution in [0.1, 0.15) is 16.8 Å². The zero-order valence-corrected chi connectivity index (χ0v) is 13.9. The summed E-state index contributed by atoms with van der Waals surface area (Å²) in [6.07, 6.45) is 1.79. The lowest BCUT2D eigenvalue weighted by Gasteiger charge is -2.21. The van der Waals surface area contributed by atoms with E-state index in [2.05, 4.69) is 0 Å². The van der Waals surface area contributed by atoms with Crippen LogP contribution in [-0.4, -0.2) is 56.0 Å². The molecule has 0 bridgehead atoms. The van der Waals surface area contributed by atoms with Gasteiger partial charge in [-0.3, -0.25) is 4.79 Å². The minimum Gasteiger partial charge on any atom is -0.337 e. The Morgan fingerprint density at radius 3 is 2.24 bits per heavy atom. The van der Waals surface area contributed by atoms with Gasteiger partial charge < -0.3 is 4.90 Å². The summed E-state index contributed by atoms with van der Waals surface area (Å²) in [5, 5.41) is 0.803. The second-order valence-corrected chi connectivity index (χ2v) is 7.82. The Morgan fingerprint density at radius 2 is 1.67 bits per heavy atom. The maximum Gasteiger partial charge on any atom is 0.254 e. The van der Waals surface area contributed by atoms with Crippen molar-refractivity contribution >= 4 is 39.1 Å². The summed E-state index contributed by atoms with van der Waals surface area (Å²) in [4.78, 5) is 14.1. The molecule has 0 aromatic heterocycles. The molecule has 0 saturated carbocycles. The van der Waals surface area contributed by atoms with Gasteiger partial charge in [-0.1, -0.05) is 23.2 Å². The Balaban J connectivity index is 2.13. The number of carbonyl (C=O) groups excluding carboxylic acids is 1. The van der Waals surface area contributed by atoms with E-state index in [0.717, 1.165) is 0 Å². The fourth-order valence-electron chi connectivity index (χ4n) is 2.29.